The first-order valence-corrected chi connectivity index (χ1v) is 10.7. The molecule has 0 spiro atoms. The highest BCUT2D eigenvalue weighted by molar-refractivity contribution is 7.80. The van der Waals surface area contributed by atoms with E-state index in [0.717, 1.165) is 31.4 Å². The quantitative estimate of drug-likeness (QED) is 0.139. The lowest BCUT2D eigenvalue weighted by molar-refractivity contribution is -0.384. The van der Waals surface area contributed by atoms with E-state index in [9.17, 15) is 29.6 Å². The van der Waals surface area contributed by atoms with Crippen molar-refractivity contribution in [3.8, 4) is 5.88 Å². The Kier molecular flexibility index (Phi) is 7.79. The number of thiocarbonyl (C=S) groups is 1. The number of rotatable bonds is 6. The van der Waals surface area contributed by atoms with Crippen LogP contribution in [0.2, 0.25) is 0 Å². The number of esters is 3. The number of nitro benzene ring substituents is 1. The van der Waals surface area contributed by atoms with Crippen molar-refractivity contribution in [2.24, 2.45) is 16.0 Å². The normalized spacial score (nSPS) is 21.8. The molecule has 1 aliphatic rings. The molecule has 3 rings (SSSR count). The average Bonchev–Trinajstić information content (AvgIpc) is 3.04. The minimum Gasteiger partial charge on any atom is -0.493 e. The minimum atomic E-state index is -1.47. The molecule has 0 saturated carbocycles. The number of carbonyl (C=O) groups excluding carboxylic acids is 3. The second kappa shape index (κ2) is 10.6. The molecular formula is C20H21N5O10S. The summed E-state index contributed by atoms with van der Waals surface area (Å²) >= 11 is 4.68. The zero-order valence-electron chi connectivity index (χ0n) is 19.1. The number of aromatic nitrogens is 1. The molecule has 0 radical (unpaired) electrons. The monoisotopic (exact) mass is 523 g/mol. The number of ether oxygens (including phenoxy) is 4. The van der Waals surface area contributed by atoms with E-state index in [1.54, 1.807) is 0 Å². The van der Waals surface area contributed by atoms with Crippen molar-refractivity contribution in [2.45, 2.75) is 45.3 Å². The van der Waals surface area contributed by atoms with E-state index < -0.39 is 53.3 Å². The summed E-state index contributed by atoms with van der Waals surface area (Å²) < 4.78 is 22.7. The number of nitrogens with two attached hydrogens (primary N) is 1. The highest BCUT2D eigenvalue weighted by atomic mass is 32.1. The lowest BCUT2D eigenvalue weighted by Crippen LogP contribution is -2.55. The van der Waals surface area contributed by atoms with Crippen LogP contribution in [0.1, 0.15) is 27.0 Å². The maximum absolute atomic E-state index is 12.0. The standard InChI is InChI=1S/C20H21N5O10S/c1-8(26)33-14-7-32-19(17(35-10(3)28)16(14)34-9(2)27)24-13-6-11(25(30)31)4-5-12(13)15(18(24)29)22-23-20(21)36/h4-6,14,16-17,19,29H,7H2,1-3H3,(H2,21,36)/t14-,16-,17+,19+/m1/s1. The van der Waals surface area contributed by atoms with Gasteiger partial charge in [-0.25, -0.2) is 0 Å². The molecule has 0 amide bonds. The van der Waals surface area contributed by atoms with Crippen LogP contribution in [0, 0.1) is 10.1 Å². The van der Waals surface area contributed by atoms with Crippen LogP contribution in [0.5, 0.6) is 5.88 Å². The largest absolute Gasteiger partial charge is 0.493 e. The van der Waals surface area contributed by atoms with Gasteiger partial charge in [-0.2, -0.15) is 0 Å². The fourth-order valence-electron chi connectivity index (χ4n) is 3.78. The van der Waals surface area contributed by atoms with Gasteiger partial charge in [0, 0.05) is 38.3 Å². The minimum absolute atomic E-state index is 0.0354. The van der Waals surface area contributed by atoms with E-state index in [2.05, 4.69) is 22.4 Å². The molecule has 1 aliphatic heterocycles. The van der Waals surface area contributed by atoms with E-state index in [1.165, 1.54) is 12.1 Å². The van der Waals surface area contributed by atoms with Crippen LogP contribution < -0.4 is 5.73 Å². The zero-order chi connectivity index (χ0) is 26.7. The van der Waals surface area contributed by atoms with Gasteiger partial charge in [-0.05, 0) is 18.3 Å². The molecule has 1 aromatic heterocycles. The Labute approximate surface area is 207 Å². The lowest BCUT2D eigenvalue weighted by Gasteiger charge is -2.41. The van der Waals surface area contributed by atoms with E-state index in [-0.39, 0.29) is 34.0 Å². The SMILES string of the molecule is CC(=O)O[C@H]1[C@H](OC(C)=O)[C@@H](n2c(O)c(N=NC(N)=S)c3ccc([N+](=O)[O-])cc32)OC[C@H]1OC(C)=O. The average molecular weight is 523 g/mol. The first-order chi connectivity index (χ1) is 16.9. The molecule has 2 heterocycles. The summed E-state index contributed by atoms with van der Waals surface area (Å²) in [4.78, 5) is 46.2. The topological polar surface area (TPSA) is 207 Å². The van der Waals surface area contributed by atoms with Crippen LogP contribution in [0.3, 0.4) is 0 Å². The summed E-state index contributed by atoms with van der Waals surface area (Å²) in [6.45, 7) is 2.96. The second-order valence-corrected chi connectivity index (χ2v) is 7.98. The van der Waals surface area contributed by atoms with Crippen LogP contribution in [-0.4, -0.2) is 62.5 Å². The fourth-order valence-corrected chi connectivity index (χ4v) is 3.82. The molecule has 2 aromatic rings. The van der Waals surface area contributed by atoms with E-state index in [4.69, 9.17) is 24.7 Å². The third-order valence-electron chi connectivity index (χ3n) is 4.97. The maximum atomic E-state index is 12.0. The van der Waals surface area contributed by atoms with Gasteiger partial charge in [0.05, 0.1) is 17.0 Å². The molecule has 1 saturated heterocycles. The van der Waals surface area contributed by atoms with Gasteiger partial charge in [-0.1, -0.05) is 0 Å². The van der Waals surface area contributed by atoms with E-state index in [1.807, 2.05) is 0 Å². The van der Waals surface area contributed by atoms with Crippen LogP contribution >= 0.6 is 12.2 Å². The van der Waals surface area contributed by atoms with Gasteiger partial charge in [0.15, 0.2) is 30.2 Å². The van der Waals surface area contributed by atoms with Crippen LogP contribution in [0.4, 0.5) is 11.4 Å². The van der Waals surface area contributed by atoms with Gasteiger partial charge in [-0.15, -0.1) is 10.2 Å². The summed E-state index contributed by atoms with van der Waals surface area (Å²) in [7, 11) is 0. The number of aromatic hydroxyl groups is 1. The molecule has 0 bridgehead atoms. The third-order valence-corrected chi connectivity index (χ3v) is 5.06. The fraction of sp³-hybridized carbons (Fsp3) is 0.400. The number of fused-ring (bicyclic) bond motifs is 1. The number of benzene rings is 1. The summed E-state index contributed by atoms with van der Waals surface area (Å²) in [6, 6.07) is 3.62. The number of hydrogen-bond donors (Lipinski definition) is 2. The molecule has 1 fully saturated rings. The van der Waals surface area contributed by atoms with Gasteiger partial charge in [0.25, 0.3) is 5.69 Å². The van der Waals surface area contributed by atoms with E-state index >= 15 is 0 Å². The highest BCUT2D eigenvalue weighted by Gasteiger charge is 2.49. The second-order valence-electron chi connectivity index (χ2n) is 7.56. The van der Waals surface area contributed by atoms with Crippen molar-refractivity contribution in [2.75, 3.05) is 6.61 Å². The zero-order valence-corrected chi connectivity index (χ0v) is 20.0. The first kappa shape index (κ1) is 26.4. The molecule has 1 aromatic carbocycles. The van der Waals surface area contributed by atoms with Gasteiger partial charge in [0.1, 0.15) is 0 Å². The molecule has 15 nitrogen and oxygen atoms in total. The molecule has 36 heavy (non-hydrogen) atoms. The van der Waals surface area contributed by atoms with Gasteiger partial charge < -0.3 is 29.8 Å². The van der Waals surface area contributed by atoms with Crippen molar-refractivity contribution in [3.05, 3.63) is 28.3 Å². The Hall–Kier alpha value is -4.18. The van der Waals surface area contributed by atoms with Crippen molar-refractivity contribution in [3.63, 3.8) is 0 Å². The molecule has 16 heteroatoms. The van der Waals surface area contributed by atoms with Crippen LogP contribution in [0.15, 0.2) is 28.4 Å². The Morgan fingerprint density at radius 2 is 1.78 bits per heavy atom. The third kappa shape index (κ3) is 5.55. The van der Waals surface area contributed by atoms with Gasteiger partial charge in [0.2, 0.25) is 11.0 Å². The Morgan fingerprint density at radius 3 is 2.33 bits per heavy atom. The number of hydrogen-bond acceptors (Lipinski definition) is 12. The van der Waals surface area contributed by atoms with Crippen LogP contribution in [0.25, 0.3) is 10.9 Å². The Bertz CT molecular complexity index is 1280. The predicted molar refractivity (Wildman–Crippen MR) is 123 cm³/mol. The Balaban J connectivity index is 2.25. The predicted octanol–water partition coefficient (Wildman–Crippen LogP) is 1.91. The van der Waals surface area contributed by atoms with Crippen molar-refractivity contribution in [1.82, 2.24) is 4.57 Å². The van der Waals surface area contributed by atoms with Crippen molar-refractivity contribution in [1.29, 1.82) is 0 Å². The molecule has 0 unspecified atom stereocenters. The highest BCUT2D eigenvalue weighted by Crippen LogP contribution is 2.45. The number of carbonyl (C=O) groups is 3. The summed E-state index contributed by atoms with van der Waals surface area (Å²) in [5, 5.41) is 29.7. The molecule has 3 N–H and O–H groups in total. The number of non-ortho nitro benzene ring substituents is 1. The maximum Gasteiger partial charge on any atom is 0.303 e. The van der Waals surface area contributed by atoms with Crippen molar-refractivity contribution < 1.29 is 43.4 Å². The molecule has 192 valence electrons. The number of nitrogens with zero attached hydrogens (tertiary/aromatic N) is 4. The summed E-state index contributed by atoms with van der Waals surface area (Å²) in [6.07, 6.45) is -5.40. The first-order valence-electron chi connectivity index (χ1n) is 10.3. The lowest BCUT2D eigenvalue weighted by atomic mass is 10.0. The summed E-state index contributed by atoms with van der Waals surface area (Å²) in [5.74, 6) is -2.91. The molecule has 4 atom stereocenters. The molecular weight excluding hydrogens is 502 g/mol. The van der Waals surface area contributed by atoms with Crippen molar-refractivity contribution >= 4 is 57.5 Å². The van der Waals surface area contributed by atoms with Crippen LogP contribution in [-0.2, 0) is 33.3 Å². The van der Waals surface area contributed by atoms with Gasteiger partial charge in [-0.3, -0.25) is 29.1 Å². The number of azo groups is 1. The van der Waals surface area contributed by atoms with E-state index in [0.29, 0.717) is 0 Å². The van der Waals surface area contributed by atoms with Gasteiger partial charge >= 0.3 is 17.9 Å². The smallest absolute Gasteiger partial charge is 0.303 e. The Morgan fingerprint density at radius 1 is 1.17 bits per heavy atom. The molecule has 0 aliphatic carbocycles. The summed E-state index contributed by atoms with van der Waals surface area (Å²) in [5.41, 5.74) is 4.90. The number of nitro groups is 1.